The van der Waals surface area contributed by atoms with E-state index < -0.39 is 6.61 Å². The van der Waals surface area contributed by atoms with Gasteiger partial charge < -0.3 is 10.1 Å². The van der Waals surface area contributed by atoms with Gasteiger partial charge in [0, 0.05) is 22.2 Å². The van der Waals surface area contributed by atoms with Crippen LogP contribution in [0.15, 0.2) is 30.5 Å². The molecule has 0 aliphatic carbocycles. The van der Waals surface area contributed by atoms with E-state index in [1.54, 1.807) is 23.5 Å². The van der Waals surface area contributed by atoms with E-state index in [9.17, 15) is 8.78 Å². The van der Waals surface area contributed by atoms with Gasteiger partial charge in [0.2, 0.25) is 0 Å². The molecular weight excluding hydrogens is 294 g/mol. The second-order valence-electron chi connectivity index (χ2n) is 5.64. The highest BCUT2D eigenvalue weighted by molar-refractivity contribution is 7.11. The number of ether oxygens (including phenoxy) is 1. The van der Waals surface area contributed by atoms with Gasteiger partial charge in [0.25, 0.3) is 0 Å². The highest BCUT2D eigenvalue weighted by Crippen LogP contribution is 2.27. The summed E-state index contributed by atoms with van der Waals surface area (Å²) in [5.41, 5.74) is 0.902. The van der Waals surface area contributed by atoms with E-state index in [-0.39, 0.29) is 11.2 Å². The molecule has 0 radical (unpaired) electrons. The van der Waals surface area contributed by atoms with Gasteiger partial charge in [-0.15, -0.1) is 11.3 Å². The van der Waals surface area contributed by atoms with Gasteiger partial charge in [-0.1, -0.05) is 20.8 Å². The summed E-state index contributed by atoms with van der Waals surface area (Å²) in [6.07, 6.45) is 1.87. The quantitative estimate of drug-likeness (QED) is 0.872. The van der Waals surface area contributed by atoms with Crippen molar-refractivity contribution in [2.45, 2.75) is 39.3 Å². The van der Waals surface area contributed by atoms with Crippen LogP contribution in [0.5, 0.6) is 5.75 Å². The molecule has 0 bridgehead atoms. The summed E-state index contributed by atoms with van der Waals surface area (Å²) in [7, 11) is 0. The SMILES string of the molecule is CC(C)(C)c1ncc(CNc2ccc(OC(F)F)cc2)s1. The molecule has 6 heteroatoms. The van der Waals surface area contributed by atoms with Crippen molar-refractivity contribution in [3.8, 4) is 5.75 Å². The van der Waals surface area contributed by atoms with Crippen molar-refractivity contribution in [3.05, 3.63) is 40.3 Å². The van der Waals surface area contributed by atoms with Crippen LogP contribution in [-0.2, 0) is 12.0 Å². The van der Waals surface area contributed by atoms with Crippen molar-refractivity contribution in [1.29, 1.82) is 0 Å². The third kappa shape index (κ3) is 4.67. The first-order valence-corrected chi connectivity index (χ1v) is 7.40. The number of alkyl halides is 2. The van der Waals surface area contributed by atoms with E-state index in [0.717, 1.165) is 15.6 Å². The number of nitrogens with zero attached hydrogens (tertiary/aromatic N) is 1. The highest BCUT2D eigenvalue weighted by atomic mass is 32.1. The molecule has 2 rings (SSSR count). The average Bonchev–Trinajstić information content (AvgIpc) is 2.86. The Labute approximate surface area is 127 Å². The lowest BCUT2D eigenvalue weighted by Crippen LogP contribution is -2.09. The lowest BCUT2D eigenvalue weighted by atomic mass is 9.98. The molecule has 0 saturated heterocycles. The number of anilines is 1. The van der Waals surface area contributed by atoms with Gasteiger partial charge in [0.15, 0.2) is 0 Å². The second kappa shape index (κ2) is 6.39. The molecule has 21 heavy (non-hydrogen) atoms. The summed E-state index contributed by atoms with van der Waals surface area (Å²) in [5, 5.41) is 4.33. The van der Waals surface area contributed by atoms with Crippen LogP contribution in [0, 0.1) is 0 Å². The largest absolute Gasteiger partial charge is 0.435 e. The van der Waals surface area contributed by atoms with E-state index in [1.165, 1.54) is 12.1 Å². The number of hydrogen-bond acceptors (Lipinski definition) is 4. The fourth-order valence-corrected chi connectivity index (χ4v) is 2.59. The fraction of sp³-hybridized carbons (Fsp3) is 0.400. The molecule has 1 N–H and O–H groups in total. The van der Waals surface area contributed by atoms with Gasteiger partial charge in [-0.3, -0.25) is 0 Å². The average molecular weight is 312 g/mol. The summed E-state index contributed by atoms with van der Waals surface area (Å²) in [5.74, 6) is 0.156. The molecule has 2 aromatic rings. The number of nitrogens with one attached hydrogen (secondary N) is 1. The Morgan fingerprint density at radius 1 is 1.24 bits per heavy atom. The van der Waals surface area contributed by atoms with Crippen LogP contribution < -0.4 is 10.1 Å². The zero-order valence-corrected chi connectivity index (χ0v) is 13.0. The van der Waals surface area contributed by atoms with Crippen LogP contribution in [0.3, 0.4) is 0 Å². The number of rotatable bonds is 5. The topological polar surface area (TPSA) is 34.2 Å². The Kier molecular flexibility index (Phi) is 4.77. The summed E-state index contributed by atoms with van der Waals surface area (Å²) in [4.78, 5) is 5.55. The molecule has 0 aliphatic heterocycles. The van der Waals surface area contributed by atoms with Crippen LogP contribution >= 0.6 is 11.3 Å². The lowest BCUT2D eigenvalue weighted by Gasteiger charge is -2.13. The minimum absolute atomic E-state index is 0.0528. The number of benzene rings is 1. The Balaban J connectivity index is 1.92. The van der Waals surface area contributed by atoms with Gasteiger partial charge in [0.1, 0.15) is 5.75 Å². The number of halogens is 2. The zero-order valence-electron chi connectivity index (χ0n) is 12.2. The number of hydrogen-bond donors (Lipinski definition) is 1. The highest BCUT2D eigenvalue weighted by Gasteiger charge is 2.17. The van der Waals surface area contributed by atoms with E-state index in [4.69, 9.17) is 0 Å². The van der Waals surface area contributed by atoms with Crippen LogP contribution in [0.4, 0.5) is 14.5 Å². The van der Waals surface area contributed by atoms with Crippen molar-refractivity contribution in [2.24, 2.45) is 0 Å². The third-order valence-electron chi connectivity index (χ3n) is 2.74. The molecule has 0 spiro atoms. The summed E-state index contributed by atoms with van der Waals surface area (Å²) in [6, 6.07) is 6.45. The van der Waals surface area contributed by atoms with Crippen molar-refractivity contribution in [3.63, 3.8) is 0 Å². The third-order valence-corrected chi connectivity index (χ3v) is 4.16. The van der Waals surface area contributed by atoms with Gasteiger partial charge in [-0.25, -0.2) is 4.98 Å². The van der Waals surface area contributed by atoms with E-state index in [0.29, 0.717) is 6.54 Å². The monoisotopic (exact) mass is 312 g/mol. The minimum atomic E-state index is -2.79. The molecule has 114 valence electrons. The first kappa shape index (κ1) is 15.7. The van der Waals surface area contributed by atoms with Gasteiger partial charge in [-0.05, 0) is 24.3 Å². The molecule has 0 saturated carbocycles. The fourth-order valence-electron chi connectivity index (χ4n) is 1.68. The van der Waals surface area contributed by atoms with Crippen LogP contribution in [0.1, 0.15) is 30.7 Å². The van der Waals surface area contributed by atoms with Gasteiger partial charge in [0.05, 0.1) is 11.6 Å². The second-order valence-corrected chi connectivity index (χ2v) is 6.75. The van der Waals surface area contributed by atoms with Crippen LogP contribution in [0.25, 0.3) is 0 Å². The Hall–Kier alpha value is -1.69. The zero-order chi connectivity index (χ0) is 15.5. The normalized spacial score (nSPS) is 11.7. The Bertz CT molecular complexity index is 576. The Morgan fingerprint density at radius 2 is 1.90 bits per heavy atom. The lowest BCUT2D eigenvalue weighted by molar-refractivity contribution is -0.0498. The molecule has 1 aromatic heterocycles. The van der Waals surface area contributed by atoms with E-state index in [2.05, 4.69) is 35.8 Å². The van der Waals surface area contributed by atoms with Crippen LogP contribution in [0.2, 0.25) is 0 Å². The van der Waals surface area contributed by atoms with Crippen molar-refractivity contribution >= 4 is 17.0 Å². The first-order chi connectivity index (χ1) is 9.84. The standard InChI is InChI=1S/C15H18F2N2OS/c1-15(2,3)13-19-9-12(21-13)8-18-10-4-6-11(7-5-10)20-14(16)17/h4-7,9,14,18H,8H2,1-3H3. The van der Waals surface area contributed by atoms with Crippen molar-refractivity contribution in [1.82, 2.24) is 4.98 Å². The Morgan fingerprint density at radius 3 is 2.43 bits per heavy atom. The maximum atomic E-state index is 12.0. The molecule has 1 aromatic carbocycles. The molecule has 0 aliphatic rings. The molecule has 0 amide bonds. The molecule has 0 atom stereocenters. The maximum absolute atomic E-state index is 12.0. The number of aromatic nitrogens is 1. The number of thiazole rings is 1. The van der Waals surface area contributed by atoms with Gasteiger partial charge >= 0.3 is 6.61 Å². The predicted molar refractivity (Wildman–Crippen MR) is 81.2 cm³/mol. The molecule has 1 heterocycles. The first-order valence-electron chi connectivity index (χ1n) is 6.58. The van der Waals surface area contributed by atoms with E-state index >= 15 is 0 Å². The summed E-state index contributed by atoms with van der Waals surface area (Å²) in [6.45, 7) is 4.25. The molecule has 0 unspecified atom stereocenters. The summed E-state index contributed by atoms with van der Waals surface area (Å²) >= 11 is 1.67. The molecule has 0 fully saturated rings. The molecule has 3 nitrogen and oxygen atoms in total. The maximum Gasteiger partial charge on any atom is 0.387 e. The van der Waals surface area contributed by atoms with Crippen molar-refractivity contribution in [2.75, 3.05) is 5.32 Å². The van der Waals surface area contributed by atoms with E-state index in [1.807, 2.05) is 6.20 Å². The predicted octanol–water partition coefficient (Wildman–Crippen LogP) is 4.65. The minimum Gasteiger partial charge on any atom is -0.435 e. The van der Waals surface area contributed by atoms with Crippen molar-refractivity contribution < 1.29 is 13.5 Å². The van der Waals surface area contributed by atoms with Crippen LogP contribution in [-0.4, -0.2) is 11.6 Å². The smallest absolute Gasteiger partial charge is 0.387 e. The summed E-state index contributed by atoms with van der Waals surface area (Å²) < 4.78 is 28.4. The molecular formula is C15H18F2N2OS. The van der Waals surface area contributed by atoms with Gasteiger partial charge in [-0.2, -0.15) is 8.78 Å².